The highest BCUT2D eigenvalue weighted by Crippen LogP contribution is 2.41. The van der Waals surface area contributed by atoms with Crippen molar-refractivity contribution >= 4 is 11.2 Å². The average Bonchev–Trinajstić information content (AvgIpc) is 3.17. The lowest BCUT2D eigenvalue weighted by atomic mass is 9.94. The molecule has 0 aliphatic carbocycles. The Kier molecular flexibility index (Phi) is 8.03. The minimum atomic E-state index is 0.0804. The first kappa shape index (κ1) is 23.5. The Morgan fingerprint density at radius 3 is 2.66 bits per heavy atom. The maximum Gasteiger partial charge on any atom is 0.161 e. The fourth-order valence-electron chi connectivity index (χ4n) is 3.82. The third kappa shape index (κ3) is 5.75. The molecule has 0 unspecified atom stereocenters. The van der Waals surface area contributed by atoms with Crippen molar-refractivity contribution in [1.29, 1.82) is 0 Å². The molecular formula is C26H34N4O2. The second-order valence-electron chi connectivity index (χ2n) is 8.63. The zero-order valence-corrected chi connectivity index (χ0v) is 19.6. The Balaban J connectivity index is 1.98. The van der Waals surface area contributed by atoms with Crippen LogP contribution in [0.5, 0.6) is 11.5 Å². The van der Waals surface area contributed by atoms with E-state index in [1.165, 1.54) is 17.5 Å². The maximum absolute atomic E-state index is 11.3. The minimum absolute atomic E-state index is 0.0804. The number of rotatable bonds is 10. The molecule has 3 N–H and O–H groups in total. The van der Waals surface area contributed by atoms with Crippen LogP contribution in [-0.2, 0) is 12.8 Å². The van der Waals surface area contributed by atoms with Crippen molar-refractivity contribution in [3.05, 3.63) is 53.0 Å². The van der Waals surface area contributed by atoms with Crippen LogP contribution in [-0.4, -0.2) is 30.1 Å². The summed E-state index contributed by atoms with van der Waals surface area (Å²) in [7, 11) is 0. The highest BCUT2D eigenvalue weighted by Gasteiger charge is 2.21. The van der Waals surface area contributed by atoms with Crippen LogP contribution in [0.4, 0.5) is 0 Å². The van der Waals surface area contributed by atoms with Crippen LogP contribution in [0.25, 0.3) is 22.6 Å². The summed E-state index contributed by atoms with van der Waals surface area (Å²) in [6, 6.07) is 1.78. The molecule has 32 heavy (non-hydrogen) atoms. The summed E-state index contributed by atoms with van der Waals surface area (Å²) in [6.45, 7) is 8.44. The van der Waals surface area contributed by atoms with Crippen LogP contribution in [0.3, 0.4) is 0 Å². The third-order valence-corrected chi connectivity index (χ3v) is 5.66. The number of allylic oxidation sites excluding steroid dienone is 4. The first-order valence-electron chi connectivity index (χ1n) is 11.4. The molecule has 0 spiro atoms. The zero-order chi connectivity index (χ0) is 23.1. The third-order valence-electron chi connectivity index (χ3n) is 5.66. The van der Waals surface area contributed by atoms with Crippen molar-refractivity contribution in [2.45, 2.75) is 72.6 Å². The van der Waals surface area contributed by atoms with E-state index in [0.29, 0.717) is 34.5 Å². The van der Waals surface area contributed by atoms with Gasteiger partial charge in [-0.1, -0.05) is 43.1 Å². The van der Waals surface area contributed by atoms with Gasteiger partial charge in [0, 0.05) is 5.56 Å². The van der Waals surface area contributed by atoms with Crippen LogP contribution in [0, 0.1) is 0 Å². The molecule has 0 amide bonds. The van der Waals surface area contributed by atoms with E-state index in [4.69, 9.17) is 0 Å². The molecule has 0 atom stereocenters. The molecule has 6 nitrogen and oxygen atoms in total. The maximum atomic E-state index is 11.3. The van der Waals surface area contributed by atoms with E-state index in [1.807, 2.05) is 0 Å². The number of aromatic hydroxyl groups is 2. The van der Waals surface area contributed by atoms with E-state index in [2.05, 4.69) is 59.8 Å². The topological polar surface area (TPSA) is 94.9 Å². The van der Waals surface area contributed by atoms with Gasteiger partial charge in [0.25, 0.3) is 0 Å². The number of nitrogens with zero attached hydrogens (tertiary/aromatic N) is 3. The standard InChI is InChI=1S/C26H34N4O2/c1-5-6-7-11-19-14-22(31)20(13-12-18(4)10-8-9-17(2)3)24(32)23(19)26-29-21-15-27-16-28-25(21)30-26/h9,12,14-16,31-32H,5-8,10-11,13H2,1-4H3,(H,27,28,29,30)/b18-12+. The number of imidazole rings is 1. The number of phenols is 2. The average molecular weight is 435 g/mol. The molecule has 2 heterocycles. The van der Waals surface area contributed by atoms with E-state index in [9.17, 15) is 10.2 Å². The summed E-state index contributed by atoms with van der Waals surface area (Å²) in [4.78, 5) is 16.1. The molecule has 1 aromatic carbocycles. The first-order chi connectivity index (χ1) is 15.4. The molecule has 0 aliphatic rings. The first-order valence-corrected chi connectivity index (χ1v) is 11.4. The van der Waals surface area contributed by atoms with E-state index in [-0.39, 0.29) is 11.5 Å². The quantitative estimate of drug-likeness (QED) is 0.253. The number of aromatic amines is 1. The van der Waals surface area contributed by atoms with Crippen molar-refractivity contribution in [3.63, 3.8) is 0 Å². The number of nitrogens with one attached hydrogen (secondary N) is 1. The lowest BCUT2D eigenvalue weighted by Gasteiger charge is -2.15. The lowest BCUT2D eigenvalue weighted by Crippen LogP contribution is -1.97. The molecule has 0 saturated carbocycles. The molecule has 0 aliphatic heterocycles. The Labute approximate surface area is 190 Å². The number of aromatic nitrogens is 4. The predicted octanol–water partition coefficient (Wildman–Crippen LogP) is 6.40. The summed E-state index contributed by atoms with van der Waals surface area (Å²) in [5.74, 6) is 0.758. The van der Waals surface area contributed by atoms with Gasteiger partial charge in [-0.3, -0.25) is 0 Å². The lowest BCUT2D eigenvalue weighted by molar-refractivity contribution is 0.440. The predicted molar refractivity (Wildman–Crippen MR) is 130 cm³/mol. The molecule has 170 valence electrons. The number of phenolic OH excluding ortho intramolecular Hbond substituents is 2. The molecule has 0 fully saturated rings. The van der Waals surface area contributed by atoms with Gasteiger partial charge in [0.05, 0.1) is 11.8 Å². The minimum Gasteiger partial charge on any atom is -0.508 e. The van der Waals surface area contributed by atoms with E-state index < -0.39 is 0 Å². The molecule has 3 rings (SSSR count). The monoisotopic (exact) mass is 434 g/mol. The summed E-state index contributed by atoms with van der Waals surface area (Å²) in [5.41, 5.74) is 5.86. The van der Waals surface area contributed by atoms with Gasteiger partial charge in [0.2, 0.25) is 0 Å². The number of hydrogen-bond acceptors (Lipinski definition) is 5. The SMILES string of the molecule is CCCCCc1cc(O)c(C/C=C(\C)CCC=C(C)C)c(O)c1-c1nc2cncnc2[nH]1. The Hall–Kier alpha value is -3.15. The molecule has 0 radical (unpaired) electrons. The molecular weight excluding hydrogens is 400 g/mol. The van der Waals surface area contributed by atoms with Crippen molar-refractivity contribution in [2.24, 2.45) is 0 Å². The van der Waals surface area contributed by atoms with Gasteiger partial charge in [-0.05, 0) is 64.5 Å². The van der Waals surface area contributed by atoms with Crippen molar-refractivity contribution < 1.29 is 10.2 Å². The van der Waals surface area contributed by atoms with Gasteiger partial charge in [-0.2, -0.15) is 0 Å². The van der Waals surface area contributed by atoms with E-state index in [0.717, 1.165) is 44.1 Å². The molecule has 6 heteroatoms. The van der Waals surface area contributed by atoms with Gasteiger partial charge in [-0.25, -0.2) is 15.0 Å². The smallest absolute Gasteiger partial charge is 0.161 e. The highest BCUT2D eigenvalue weighted by atomic mass is 16.3. The molecule has 0 saturated heterocycles. The summed E-state index contributed by atoms with van der Waals surface area (Å²) < 4.78 is 0. The van der Waals surface area contributed by atoms with E-state index >= 15 is 0 Å². The Morgan fingerprint density at radius 1 is 1.12 bits per heavy atom. The van der Waals surface area contributed by atoms with Crippen LogP contribution in [0.2, 0.25) is 0 Å². The van der Waals surface area contributed by atoms with E-state index in [1.54, 1.807) is 12.3 Å². The second kappa shape index (κ2) is 10.9. The fraction of sp³-hybridized carbons (Fsp3) is 0.423. The van der Waals surface area contributed by atoms with Gasteiger partial charge >= 0.3 is 0 Å². The molecule has 3 aromatic rings. The van der Waals surface area contributed by atoms with Crippen LogP contribution < -0.4 is 0 Å². The largest absolute Gasteiger partial charge is 0.508 e. The number of H-pyrrole nitrogens is 1. The van der Waals surface area contributed by atoms with Crippen molar-refractivity contribution in [3.8, 4) is 22.9 Å². The zero-order valence-electron chi connectivity index (χ0n) is 19.6. The van der Waals surface area contributed by atoms with Gasteiger partial charge < -0.3 is 15.2 Å². The summed E-state index contributed by atoms with van der Waals surface area (Å²) >= 11 is 0. The number of aryl methyl sites for hydroxylation is 1. The summed E-state index contributed by atoms with van der Waals surface area (Å²) in [5, 5.41) is 22.0. The number of fused-ring (bicyclic) bond motifs is 1. The van der Waals surface area contributed by atoms with Gasteiger partial charge in [0.1, 0.15) is 29.2 Å². The second-order valence-corrected chi connectivity index (χ2v) is 8.63. The fourth-order valence-corrected chi connectivity index (χ4v) is 3.82. The molecule has 2 aromatic heterocycles. The highest BCUT2D eigenvalue weighted by molar-refractivity contribution is 5.80. The Bertz CT molecular complexity index is 1090. The van der Waals surface area contributed by atoms with Crippen LogP contribution in [0.15, 0.2) is 41.9 Å². The number of unbranched alkanes of at least 4 members (excludes halogenated alkanes) is 2. The number of benzene rings is 1. The van der Waals surface area contributed by atoms with Crippen molar-refractivity contribution in [2.75, 3.05) is 0 Å². The number of hydrogen-bond donors (Lipinski definition) is 3. The van der Waals surface area contributed by atoms with Gasteiger partial charge in [-0.15, -0.1) is 0 Å². The van der Waals surface area contributed by atoms with Crippen LogP contribution in [0.1, 0.15) is 70.9 Å². The molecule has 0 bridgehead atoms. The Morgan fingerprint density at radius 2 is 1.94 bits per heavy atom. The summed E-state index contributed by atoms with van der Waals surface area (Å²) in [6.07, 6.45) is 13.7. The normalized spacial score (nSPS) is 11.8. The van der Waals surface area contributed by atoms with Gasteiger partial charge in [0.15, 0.2) is 5.65 Å². The van der Waals surface area contributed by atoms with Crippen LogP contribution >= 0.6 is 0 Å². The van der Waals surface area contributed by atoms with Crippen molar-refractivity contribution in [1.82, 2.24) is 19.9 Å².